The number of amides is 1. The number of carbonyl (C=O) groups is 1. The van der Waals surface area contributed by atoms with E-state index in [0.717, 1.165) is 0 Å². The third-order valence-electron chi connectivity index (χ3n) is 1.86. The molecular weight excluding hydrogens is 284 g/mol. The fraction of sp³-hybridized carbons (Fsp3) is 0.400. The molecule has 0 bridgehead atoms. The van der Waals surface area contributed by atoms with Crippen LogP contribution < -0.4 is 10.9 Å². The van der Waals surface area contributed by atoms with Crippen molar-refractivity contribution in [3.8, 4) is 0 Å². The van der Waals surface area contributed by atoms with E-state index in [2.05, 4.69) is 15.8 Å². The van der Waals surface area contributed by atoms with Gasteiger partial charge >= 0.3 is 0 Å². The third-order valence-corrected chi connectivity index (χ3v) is 2.82. The first-order chi connectivity index (χ1) is 7.71. The van der Waals surface area contributed by atoms with Gasteiger partial charge < -0.3 is 0 Å². The first-order valence-corrected chi connectivity index (χ1v) is 5.93. The Morgan fingerprint density at radius 3 is 2.35 bits per heavy atom. The first-order valence-electron chi connectivity index (χ1n) is 4.80. The van der Waals surface area contributed by atoms with Gasteiger partial charge in [-0.1, -0.05) is 55.6 Å². The molecule has 0 saturated heterocycles. The van der Waals surface area contributed by atoms with Crippen LogP contribution in [0.25, 0.3) is 0 Å². The zero-order valence-corrected chi connectivity index (χ0v) is 11.8. The van der Waals surface area contributed by atoms with E-state index in [9.17, 15) is 4.79 Å². The minimum absolute atomic E-state index is 0.114. The monoisotopic (exact) mass is 295 g/mol. The Morgan fingerprint density at radius 1 is 1.24 bits per heavy atom. The van der Waals surface area contributed by atoms with Crippen LogP contribution in [-0.4, -0.2) is 10.9 Å². The number of aromatic nitrogens is 1. The van der Waals surface area contributed by atoms with Crippen LogP contribution in [0.2, 0.25) is 15.2 Å². The van der Waals surface area contributed by atoms with Crippen LogP contribution >= 0.6 is 34.8 Å². The SMILES string of the molecule is CC(C)(C)C(=O)NNc1nc(Cl)c(Cl)cc1Cl. The van der Waals surface area contributed by atoms with Gasteiger partial charge in [-0.05, 0) is 6.07 Å². The molecule has 0 atom stereocenters. The van der Waals surface area contributed by atoms with E-state index >= 15 is 0 Å². The molecule has 1 rings (SSSR count). The predicted octanol–water partition coefficient (Wildman–Crippen LogP) is 3.53. The minimum atomic E-state index is -0.518. The lowest BCUT2D eigenvalue weighted by molar-refractivity contribution is -0.127. The Morgan fingerprint density at radius 2 is 1.82 bits per heavy atom. The van der Waals surface area contributed by atoms with E-state index in [1.807, 2.05) is 0 Å². The summed E-state index contributed by atoms with van der Waals surface area (Å²) in [5.41, 5.74) is 4.57. The summed E-state index contributed by atoms with van der Waals surface area (Å²) in [6.45, 7) is 5.36. The fourth-order valence-corrected chi connectivity index (χ4v) is 1.38. The van der Waals surface area contributed by atoms with E-state index < -0.39 is 5.41 Å². The highest BCUT2D eigenvalue weighted by Crippen LogP contribution is 2.28. The number of carbonyl (C=O) groups excluding carboxylic acids is 1. The van der Waals surface area contributed by atoms with Gasteiger partial charge in [0.2, 0.25) is 5.91 Å². The molecule has 0 saturated carbocycles. The van der Waals surface area contributed by atoms with Gasteiger partial charge in [0.25, 0.3) is 0 Å². The maximum atomic E-state index is 11.6. The Balaban J connectivity index is 2.77. The predicted molar refractivity (Wildman–Crippen MR) is 70.5 cm³/mol. The van der Waals surface area contributed by atoms with Crippen LogP contribution in [0.3, 0.4) is 0 Å². The summed E-state index contributed by atoms with van der Waals surface area (Å²) in [4.78, 5) is 15.5. The maximum Gasteiger partial charge on any atom is 0.243 e. The lowest BCUT2D eigenvalue weighted by atomic mass is 9.96. The summed E-state index contributed by atoms with van der Waals surface area (Å²) in [5, 5.41) is 0.640. The summed E-state index contributed by atoms with van der Waals surface area (Å²) >= 11 is 17.3. The smallest absolute Gasteiger partial charge is 0.243 e. The van der Waals surface area contributed by atoms with E-state index in [-0.39, 0.29) is 26.9 Å². The van der Waals surface area contributed by atoms with Gasteiger partial charge in [0, 0.05) is 5.41 Å². The molecule has 7 heteroatoms. The van der Waals surface area contributed by atoms with E-state index in [4.69, 9.17) is 34.8 Å². The largest absolute Gasteiger partial charge is 0.281 e. The summed E-state index contributed by atoms with van der Waals surface area (Å²) in [6, 6.07) is 1.45. The van der Waals surface area contributed by atoms with Gasteiger partial charge in [0.1, 0.15) is 5.15 Å². The van der Waals surface area contributed by atoms with Crippen molar-refractivity contribution in [1.29, 1.82) is 0 Å². The van der Waals surface area contributed by atoms with Crippen LogP contribution in [0, 0.1) is 5.41 Å². The molecule has 1 aromatic rings. The van der Waals surface area contributed by atoms with Crippen molar-refractivity contribution in [2.45, 2.75) is 20.8 Å². The summed E-state index contributed by atoms with van der Waals surface area (Å²) in [6.07, 6.45) is 0. The number of hydrogen-bond donors (Lipinski definition) is 2. The molecule has 0 aliphatic rings. The van der Waals surface area contributed by atoms with Gasteiger partial charge in [-0.2, -0.15) is 0 Å². The van der Waals surface area contributed by atoms with Crippen LogP contribution in [0.1, 0.15) is 20.8 Å². The standard InChI is InChI=1S/C10H12Cl3N3O/c1-10(2,3)9(17)16-15-8-6(12)4-5(11)7(13)14-8/h4H,1-3H3,(H,14,15)(H,16,17). The van der Waals surface area contributed by atoms with Crippen LogP contribution in [0.15, 0.2) is 6.07 Å². The zero-order chi connectivity index (χ0) is 13.2. The highest BCUT2D eigenvalue weighted by molar-refractivity contribution is 6.42. The molecule has 0 radical (unpaired) electrons. The molecule has 0 unspecified atom stereocenters. The van der Waals surface area contributed by atoms with Gasteiger partial charge in [-0.3, -0.25) is 15.6 Å². The first kappa shape index (κ1) is 14.4. The maximum absolute atomic E-state index is 11.6. The normalized spacial score (nSPS) is 11.2. The lowest BCUT2D eigenvalue weighted by Gasteiger charge is -2.18. The van der Waals surface area contributed by atoms with Gasteiger partial charge in [-0.15, -0.1) is 0 Å². The topological polar surface area (TPSA) is 54.0 Å². The number of pyridine rings is 1. The molecule has 2 N–H and O–H groups in total. The van der Waals surface area contributed by atoms with E-state index in [1.54, 1.807) is 20.8 Å². The molecule has 0 aliphatic carbocycles. The Bertz CT molecular complexity index is 443. The molecule has 1 aromatic heterocycles. The zero-order valence-electron chi connectivity index (χ0n) is 9.57. The molecule has 94 valence electrons. The van der Waals surface area contributed by atoms with Gasteiger partial charge in [0.15, 0.2) is 5.82 Å². The number of hydrogen-bond acceptors (Lipinski definition) is 3. The second-order valence-corrected chi connectivity index (χ2v) is 5.59. The quantitative estimate of drug-likeness (QED) is 0.648. The Hall–Kier alpha value is -0.710. The second kappa shape index (κ2) is 5.29. The van der Waals surface area contributed by atoms with Gasteiger partial charge in [-0.25, -0.2) is 4.98 Å². The molecular formula is C10H12Cl3N3O. The van der Waals surface area contributed by atoms with E-state index in [0.29, 0.717) is 0 Å². The average Bonchev–Trinajstić information content (AvgIpc) is 2.19. The van der Waals surface area contributed by atoms with Crippen molar-refractivity contribution < 1.29 is 4.79 Å². The van der Waals surface area contributed by atoms with Gasteiger partial charge in [0.05, 0.1) is 10.0 Å². The number of anilines is 1. The number of nitrogens with zero attached hydrogens (tertiary/aromatic N) is 1. The van der Waals surface area contributed by atoms with E-state index in [1.165, 1.54) is 6.07 Å². The number of halogens is 3. The molecule has 1 heterocycles. The average molecular weight is 297 g/mol. The molecule has 0 fully saturated rings. The molecule has 0 aromatic carbocycles. The van der Waals surface area contributed by atoms with Crippen molar-refractivity contribution in [3.63, 3.8) is 0 Å². The van der Waals surface area contributed by atoms with Crippen molar-refractivity contribution in [2.24, 2.45) is 5.41 Å². The molecule has 4 nitrogen and oxygen atoms in total. The molecule has 0 spiro atoms. The van der Waals surface area contributed by atoms with Crippen molar-refractivity contribution in [1.82, 2.24) is 10.4 Å². The minimum Gasteiger partial charge on any atom is -0.281 e. The van der Waals surface area contributed by atoms with Crippen molar-refractivity contribution in [2.75, 3.05) is 5.43 Å². The summed E-state index contributed by atoms with van der Waals surface area (Å²) in [5.74, 6) is 0.0557. The molecule has 0 aliphatic heterocycles. The van der Waals surface area contributed by atoms with Crippen LogP contribution in [0.4, 0.5) is 5.82 Å². The third kappa shape index (κ3) is 3.91. The second-order valence-electron chi connectivity index (χ2n) is 4.42. The lowest BCUT2D eigenvalue weighted by Crippen LogP contribution is -2.38. The summed E-state index contributed by atoms with van der Waals surface area (Å²) < 4.78 is 0. The number of hydrazine groups is 1. The molecule has 1 amide bonds. The number of nitrogens with one attached hydrogen (secondary N) is 2. The fourth-order valence-electron chi connectivity index (χ4n) is 0.835. The van der Waals surface area contributed by atoms with Crippen LogP contribution in [0.5, 0.6) is 0 Å². The van der Waals surface area contributed by atoms with Crippen LogP contribution in [-0.2, 0) is 4.79 Å². The summed E-state index contributed by atoms with van der Waals surface area (Å²) in [7, 11) is 0. The molecule has 17 heavy (non-hydrogen) atoms. The van der Waals surface area contributed by atoms with Crippen molar-refractivity contribution >= 4 is 46.5 Å². The Labute approximate surface area is 115 Å². The van der Waals surface area contributed by atoms with Crippen molar-refractivity contribution in [3.05, 3.63) is 21.3 Å². The highest BCUT2D eigenvalue weighted by atomic mass is 35.5. The Kier molecular flexibility index (Phi) is 4.47. The highest BCUT2D eigenvalue weighted by Gasteiger charge is 2.21. The number of rotatable bonds is 2.